The van der Waals surface area contributed by atoms with Crippen LogP contribution in [-0.2, 0) is 0 Å². The van der Waals surface area contributed by atoms with E-state index in [1.54, 1.807) is 6.92 Å². The third-order valence-corrected chi connectivity index (χ3v) is 4.16. The van der Waals surface area contributed by atoms with Gasteiger partial charge in [-0.1, -0.05) is 18.3 Å². The molecule has 2 N–H and O–H groups in total. The molecule has 0 aliphatic rings. The molecule has 0 aliphatic heterocycles. The molecular weight excluding hydrogens is 300 g/mol. The van der Waals surface area contributed by atoms with E-state index in [1.807, 2.05) is 13.8 Å². The fourth-order valence-electron chi connectivity index (χ4n) is 1.60. The molecule has 2 heterocycles. The molecule has 0 saturated carbocycles. The number of carboxylic acid groups (broad SMARTS) is 1. The summed E-state index contributed by atoms with van der Waals surface area (Å²) in [6, 6.07) is 0. The quantitative estimate of drug-likeness (QED) is 0.898. The van der Waals surface area contributed by atoms with Crippen LogP contribution in [0.1, 0.15) is 51.2 Å². The van der Waals surface area contributed by atoms with Gasteiger partial charge in [-0.15, -0.1) is 5.10 Å². The second-order valence-corrected chi connectivity index (χ2v) is 5.90. The fraction of sp³-hybridized carbons (Fsp3) is 0.364. The van der Waals surface area contributed by atoms with Crippen molar-refractivity contribution in [3.8, 4) is 0 Å². The van der Waals surface area contributed by atoms with E-state index in [9.17, 15) is 9.59 Å². The monoisotopic (exact) mass is 312 g/mol. The van der Waals surface area contributed by atoms with Crippen LogP contribution in [0.3, 0.4) is 0 Å². The Morgan fingerprint density at radius 1 is 1.30 bits per heavy atom. The minimum atomic E-state index is -1.11. The number of carbonyl (C=O) groups excluding carboxylic acids is 1. The average molecular weight is 312 g/mol. The van der Waals surface area contributed by atoms with Crippen molar-refractivity contribution in [3.63, 3.8) is 0 Å². The van der Waals surface area contributed by atoms with Crippen LogP contribution in [0.15, 0.2) is 0 Å². The van der Waals surface area contributed by atoms with Gasteiger partial charge in [0.25, 0.3) is 5.91 Å². The number of nitrogens with one attached hydrogen (secondary N) is 1. The summed E-state index contributed by atoms with van der Waals surface area (Å²) in [6.45, 7) is 5.41. The molecular formula is C11H12N4O3S2. The number of amides is 1. The maximum Gasteiger partial charge on any atom is 0.340 e. The van der Waals surface area contributed by atoms with Crippen molar-refractivity contribution in [3.05, 3.63) is 21.8 Å². The summed E-state index contributed by atoms with van der Waals surface area (Å²) in [7, 11) is 0. The number of nitrogens with zero attached hydrogens (tertiary/aromatic N) is 3. The lowest BCUT2D eigenvalue weighted by Crippen LogP contribution is -2.14. The minimum absolute atomic E-state index is 0.0203. The summed E-state index contributed by atoms with van der Waals surface area (Å²) in [4.78, 5) is 23.7. The van der Waals surface area contributed by atoms with Crippen molar-refractivity contribution in [2.45, 2.75) is 26.7 Å². The van der Waals surface area contributed by atoms with Crippen molar-refractivity contribution >= 4 is 39.9 Å². The molecule has 0 aliphatic carbocycles. The highest BCUT2D eigenvalue weighted by atomic mass is 32.1. The van der Waals surface area contributed by atoms with Crippen molar-refractivity contribution in [1.82, 2.24) is 14.0 Å². The van der Waals surface area contributed by atoms with Crippen LogP contribution >= 0.6 is 23.1 Å². The van der Waals surface area contributed by atoms with Crippen molar-refractivity contribution in [2.75, 3.05) is 5.32 Å². The van der Waals surface area contributed by atoms with Crippen molar-refractivity contribution < 1.29 is 14.7 Å². The summed E-state index contributed by atoms with van der Waals surface area (Å²) in [5, 5.41) is 15.8. The molecule has 106 valence electrons. The second-order valence-electron chi connectivity index (χ2n) is 4.37. The predicted molar refractivity (Wildman–Crippen MR) is 75.8 cm³/mol. The first-order valence-corrected chi connectivity index (χ1v) is 7.29. The van der Waals surface area contributed by atoms with Gasteiger partial charge < -0.3 is 10.4 Å². The fourth-order valence-corrected chi connectivity index (χ4v) is 3.10. The largest absolute Gasteiger partial charge is 0.478 e. The van der Waals surface area contributed by atoms with E-state index in [-0.39, 0.29) is 16.5 Å². The molecule has 2 aromatic rings. The molecule has 1 amide bonds. The van der Waals surface area contributed by atoms with Gasteiger partial charge in [-0.2, -0.15) is 4.37 Å². The zero-order valence-corrected chi connectivity index (χ0v) is 12.6. The van der Waals surface area contributed by atoms with Crippen LogP contribution in [0, 0.1) is 6.92 Å². The van der Waals surface area contributed by atoms with Gasteiger partial charge in [-0.3, -0.25) is 4.79 Å². The number of anilines is 1. The molecule has 7 nitrogen and oxygen atoms in total. The van der Waals surface area contributed by atoms with E-state index in [0.717, 1.165) is 23.1 Å². The van der Waals surface area contributed by atoms with Gasteiger partial charge in [0.1, 0.15) is 15.4 Å². The van der Waals surface area contributed by atoms with Crippen LogP contribution in [0.4, 0.5) is 5.00 Å². The zero-order valence-electron chi connectivity index (χ0n) is 11.0. The van der Waals surface area contributed by atoms with Gasteiger partial charge >= 0.3 is 5.97 Å². The number of aromatic nitrogens is 3. The highest BCUT2D eigenvalue weighted by Crippen LogP contribution is 2.27. The lowest BCUT2D eigenvalue weighted by Gasteiger charge is -2.05. The van der Waals surface area contributed by atoms with Gasteiger partial charge in [0, 0.05) is 0 Å². The molecule has 9 heteroatoms. The number of rotatable bonds is 4. The van der Waals surface area contributed by atoms with Gasteiger partial charge in [-0.05, 0) is 35.9 Å². The lowest BCUT2D eigenvalue weighted by atomic mass is 10.1. The van der Waals surface area contributed by atoms with Crippen LogP contribution in [0.2, 0.25) is 0 Å². The molecule has 0 atom stereocenters. The van der Waals surface area contributed by atoms with E-state index in [1.165, 1.54) is 0 Å². The highest BCUT2D eigenvalue weighted by molar-refractivity contribution is 7.11. The number of carbonyl (C=O) groups is 2. The Morgan fingerprint density at radius 3 is 2.60 bits per heavy atom. The second kappa shape index (κ2) is 5.63. The summed E-state index contributed by atoms with van der Waals surface area (Å²) in [5.74, 6) is -1.45. The topological polar surface area (TPSA) is 105 Å². The maximum atomic E-state index is 12.2. The number of carboxylic acids is 1. The molecule has 0 aromatic carbocycles. The molecule has 0 unspecified atom stereocenters. The molecule has 20 heavy (non-hydrogen) atoms. The standard InChI is InChI=1S/C11H12N4O3S2/c1-4(2)7-8(19-15-13-7)9(16)12-10-6(11(17)18)5(3)14-20-10/h4H,1-3H3,(H,12,16)(H,17,18). The number of hydrogen-bond donors (Lipinski definition) is 2. The van der Waals surface area contributed by atoms with E-state index in [4.69, 9.17) is 5.11 Å². The van der Waals surface area contributed by atoms with E-state index in [2.05, 4.69) is 19.3 Å². The van der Waals surface area contributed by atoms with Crippen LogP contribution in [0.25, 0.3) is 0 Å². The molecule has 2 rings (SSSR count). The third-order valence-electron chi connectivity index (χ3n) is 2.57. The first-order chi connectivity index (χ1) is 9.41. The van der Waals surface area contributed by atoms with E-state index in [0.29, 0.717) is 16.3 Å². The predicted octanol–water partition coefficient (Wildman–Crippen LogP) is 2.38. The molecule has 2 aromatic heterocycles. The summed E-state index contributed by atoms with van der Waals surface area (Å²) in [6.07, 6.45) is 0. The molecule has 0 spiro atoms. The third kappa shape index (κ3) is 2.68. The maximum absolute atomic E-state index is 12.2. The van der Waals surface area contributed by atoms with Crippen molar-refractivity contribution in [2.24, 2.45) is 0 Å². The Hall–Kier alpha value is -1.87. The van der Waals surface area contributed by atoms with E-state index < -0.39 is 11.9 Å². The van der Waals surface area contributed by atoms with Gasteiger partial charge in [-0.25, -0.2) is 4.79 Å². The van der Waals surface area contributed by atoms with Gasteiger partial charge in [0.05, 0.1) is 11.4 Å². The molecule has 0 radical (unpaired) electrons. The number of hydrogen-bond acceptors (Lipinski definition) is 7. The Bertz CT molecular complexity index is 662. The van der Waals surface area contributed by atoms with E-state index >= 15 is 0 Å². The number of aryl methyl sites for hydroxylation is 1. The first kappa shape index (κ1) is 14.5. The summed E-state index contributed by atoms with van der Waals surface area (Å²) in [5.41, 5.74) is 1.00. The molecule has 0 bridgehead atoms. The normalized spacial score (nSPS) is 10.8. The number of aromatic carboxylic acids is 1. The average Bonchev–Trinajstić information content (AvgIpc) is 2.95. The van der Waals surface area contributed by atoms with Crippen molar-refractivity contribution in [1.29, 1.82) is 0 Å². The summed E-state index contributed by atoms with van der Waals surface area (Å²) >= 11 is 1.94. The lowest BCUT2D eigenvalue weighted by molar-refractivity contribution is 0.0697. The van der Waals surface area contributed by atoms with Crippen LogP contribution in [0.5, 0.6) is 0 Å². The SMILES string of the molecule is Cc1nsc(NC(=O)c2snnc2C(C)C)c1C(=O)O. The Kier molecular flexibility index (Phi) is 4.09. The van der Waals surface area contributed by atoms with Crippen LogP contribution in [-0.4, -0.2) is 30.9 Å². The molecule has 0 saturated heterocycles. The minimum Gasteiger partial charge on any atom is -0.478 e. The molecule has 0 fully saturated rings. The Morgan fingerprint density at radius 2 is 2.00 bits per heavy atom. The smallest absolute Gasteiger partial charge is 0.340 e. The Balaban J connectivity index is 2.29. The Labute approximate surface area is 123 Å². The first-order valence-electron chi connectivity index (χ1n) is 5.75. The zero-order chi connectivity index (χ0) is 14.9. The highest BCUT2D eigenvalue weighted by Gasteiger charge is 2.23. The van der Waals surface area contributed by atoms with Gasteiger partial charge in [0.2, 0.25) is 0 Å². The van der Waals surface area contributed by atoms with Gasteiger partial charge in [0.15, 0.2) is 0 Å². The van der Waals surface area contributed by atoms with Crippen LogP contribution < -0.4 is 5.32 Å². The summed E-state index contributed by atoms with van der Waals surface area (Å²) < 4.78 is 7.72.